The van der Waals surface area contributed by atoms with Crippen LogP contribution >= 0.6 is 11.3 Å². The summed E-state index contributed by atoms with van der Waals surface area (Å²) in [6.07, 6.45) is 1.49. The van der Waals surface area contributed by atoms with Crippen LogP contribution in [0.2, 0.25) is 0 Å². The van der Waals surface area contributed by atoms with Crippen molar-refractivity contribution in [3.05, 3.63) is 62.4 Å². The number of fused-ring (bicyclic) bond motifs is 3. The van der Waals surface area contributed by atoms with Crippen molar-refractivity contribution in [3.63, 3.8) is 0 Å². The van der Waals surface area contributed by atoms with Crippen LogP contribution in [-0.2, 0) is 11.3 Å². The lowest BCUT2D eigenvalue weighted by Crippen LogP contribution is -2.15. The summed E-state index contributed by atoms with van der Waals surface area (Å²) in [5.41, 5.74) is -0.0195. The Morgan fingerprint density at radius 3 is 2.89 bits per heavy atom. The number of nitrogens with zero attached hydrogens (tertiary/aromatic N) is 3. The summed E-state index contributed by atoms with van der Waals surface area (Å²) in [6.45, 7) is 0.181. The standard InChI is InChI=1S/C17H12N4O5S/c22-14(6-8-20-7-5-13(19-20)21(24)25)18-16-15-11(9-27-16)10-3-1-2-4-12(10)26-17(15)23/h1-5,7,9H,6,8H2,(H,18,22). The van der Waals surface area contributed by atoms with Gasteiger partial charge >= 0.3 is 11.4 Å². The van der Waals surface area contributed by atoms with Crippen molar-refractivity contribution in [2.45, 2.75) is 13.0 Å². The van der Waals surface area contributed by atoms with Crippen molar-refractivity contribution in [2.24, 2.45) is 0 Å². The Morgan fingerprint density at radius 2 is 2.11 bits per heavy atom. The maximum atomic E-state index is 12.3. The van der Waals surface area contributed by atoms with E-state index in [4.69, 9.17) is 4.42 Å². The van der Waals surface area contributed by atoms with Crippen molar-refractivity contribution in [1.29, 1.82) is 0 Å². The van der Waals surface area contributed by atoms with E-state index in [0.29, 0.717) is 16.0 Å². The first-order valence-corrected chi connectivity index (χ1v) is 8.81. The number of thiophene rings is 1. The van der Waals surface area contributed by atoms with E-state index in [1.165, 1.54) is 28.3 Å². The van der Waals surface area contributed by atoms with Crippen LogP contribution in [0.25, 0.3) is 21.7 Å². The Morgan fingerprint density at radius 1 is 1.30 bits per heavy atom. The minimum Gasteiger partial charge on any atom is -0.422 e. The van der Waals surface area contributed by atoms with Gasteiger partial charge in [0.1, 0.15) is 16.0 Å². The zero-order chi connectivity index (χ0) is 19.0. The molecule has 0 aliphatic heterocycles. The van der Waals surface area contributed by atoms with E-state index in [-0.39, 0.29) is 24.7 Å². The van der Waals surface area contributed by atoms with E-state index >= 15 is 0 Å². The number of carbonyl (C=O) groups excluding carboxylic acids is 1. The van der Waals surface area contributed by atoms with Gasteiger partial charge in [0, 0.05) is 22.6 Å². The van der Waals surface area contributed by atoms with Crippen LogP contribution in [0.3, 0.4) is 0 Å². The highest BCUT2D eigenvalue weighted by Crippen LogP contribution is 2.33. The van der Waals surface area contributed by atoms with Gasteiger partial charge in [0.05, 0.1) is 23.9 Å². The van der Waals surface area contributed by atoms with Crippen molar-refractivity contribution in [3.8, 4) is 0 Å². The van der Waals surface area contributed by atoms with Crippen LogP contribution in [0.4, 0.5) is 10.8 Å². The maximum Gasteiger partial charge on any atom is 0.389 e. The average Bonchev–Trinajstić information content (AvgIpc) is 3.28. The van der Waals surface area contributed by atoms with Crippen LogP contribution in [0.5, 0.6) is 0 Å². The number of nitro groups is 1. The molecule has 27 heavy (non-hydrogen) atoms. The fourth-order valence-electron chi connectivity index (χ4n) is 2.76. The van der Waals surface area contributed by atoms with Gasteiger partial charge in [-0.15, -0.1) is 11.3 Å². The number of amides is 1. The van der Waals surface area contributed by atoms with Crippen LogP contribution in [-0.4, -0.2) is 20.6 Å². The lowest BCUT2D eigenvalue weighted by Gasteiger charge is -2.03. The zero-order valence-electron chi connectivity index (χ0n) is 13.7. The number of benzene rings is 1. The second-order valence-corrected chi connectivity index (χ2v) is 6.61. The van der Waals surface area contributed by atoms with Crippen molar-refractivity contribution in [1.82, 2.24) is 9.78 Å². The molecule has 0 radical (unpaired) electrons. The van der Waals surface area contributed by atoms with Gasteiger partial charge in [-0.3, -0.25) is 4.79 Å². The molecule has 4 rings (SSSR count). The fraction of sp³-hybridized carbons (Fsp3) is 0.118. The van der Waals surface area contributed by atoms with Crippen LogP contribution in [0, 0.1) is 10.1 Å². The lowest BCUT2D eigenvalue weighted by atomic mass is 10.1. The predicted octanol–water partition coefficient (Wildman–Crippen LogP) is 3.14. The average molecular weight is 384 g/mol. The molecule has 0 aliphatic carbocycles. The number of hydrogen-bond acceptors (Lipinski definition) is 7. The molecule has 10 heteroatoms. The molecule has 1 amide bonds. The predicted molar refractivity (Wildman–Crippen MR) is 100.0 cm³/mol. The summed E-state index contributed by atoms with van der Waals surface area (Å²) in [6, 6.07) is 8.46. The lowest BCUT2D eigenvalue weighted by molar-refractivity contribution is -0.389. The summed E-state index contributed by atoms with van der Waals surface area (Å²) in [4.78, 5) is 34.6. The monoisotopic (exact) mass is 384 g/mol. The number of aryl methyl sites for hydroxylation is 1. The SMILES string of the molecule is O=C(CCn1ccc([N+](=O)[O-])n1)Nc1scc2c1c(=O)oc1ccccc12. The van der Waals surface area contributed by atoms with Crippen LogP contribution < -0.4 is 10.9 Å². The van der Waals surface area contributed by atoms with Gasteiger partial charge in [0.2, 0.25) is 5.91 Å². The molecule has 0 atom stereocenters. The highest BCUT2D eigenvalue weighted by atomic mass is 32.1. The molecule has 3 heterocycles. The topological polar surface area (TPSA) is 120 Å². The Bertz CT molecular complexity index is 1240. The molecule has 1 aromatic carbocycles. The van der Waals surface area contributed by atoms with Crippen LogP contribution in [0.15, 0.2) is 51.1 Å². The van der Waals surface area contributed by atoms with Crippen molar-refractivity contribution < 1.29 is 14.1 Å². The van der Waals surface area contributed by atoms with Crippen molar-refractivity contribution in [2.75, 3.05) is 5.32 Å². The first-order chi connectivity index (χ1) is 13.0. The third kappa shape index (κ3) is 3.17. The first kappa shape index (κ1) is 16.9. The van der Waals surface area contributed by atoms with E-state index in [9.17, 15) is 19.7 Å². The van der Waals surface area contributed by atoms with Gasteiger partial charge < -0.3 is 19.8 Å². The second-order valence-electron chi connectivity index (χ2n) is 5.73. The molecule has 136 valence electrons. The molecule has 0 spiro atoms. The Labute approximate surface area is 155 Å². The molecule has 0 fully saturated rings. The summed E-state index contributed by atoms with van der Waals surface area (Å²) in [5.74, 6) is -0.603. The number of carbonyl (C=O) groups is 1. The van der Waals surface area contributed by atoms with E-state index in [1.807, 2.05) is 12.1 Å². The number of nitrogens with one attached hydrogen (secondary N) is 1. The molecule has 4 aromatic rings. The summed E-state index contributed by atoms with van der Waals surface area (Å²) in [5, 5.41) is 21.2. The second kappa shape index (κ2) is 6.65. The number of rotatable bonds is 5. The van der Waals surface area contributed by atoms with E-state index in [2.05, 4.69) is 10.4 Å². The van der Waals surface area contributed by atoms with E-state index in [0.717, 1.165) is 10.8 Å². The summed E-state index contributed by atoms with van der Waals surface area (Å²) >= 11 is 1.25. The Kier molecular flexibility index (Phi) is 4.16. The summed E-state index contributed by atoms with van der Waals surface area (Å²) in [7, 11) is 0. The van der Waals surface area contributed by atoms with Gasteiger partial charge in [-0.25, -0.2) is 4.79 Å². The largest absolute Gasteiger partial charge is 0.422 e. The maximum absolute atomic E-state index is 12.3. The smallest absolute Gasteiger partial charge is 0.389 e. The highest BCUT2D eigenvalue weighted by molar-refractivity contribution is 7.16. The van der Waals surface area contributed by atoms with E-state index < -0.39 is 10.5 Å². The van der Waals surface area contributed by atoms with Crippen LogP contribution in [0.1, 0.15) is 6.42 Å². The minimum atomic E-state index is -0.599. The van der Waals surface area contributed by atoms with Gasteiger partial charge in [0.25, 0.3) is 0 Å². The van der Waals surface area contributed by atoms with Crippen molar-refractivity contribution >= 4 is 49.8 Å². The number of aromatic nitrogens is 2. The molecule has 0 saturated carbocycles. The molecular formula is C17H12N4O5S. The number of hydrogen-bond donors (Lipinski definition) is 1. The van der Waals surface area contributed by atoms with E-state index in [1.54, 1.807) is 17.5 Å². The van der Waals surface area contributed by atoms with Gasteiger partial charge in [-0.05, 0) is 11.0 Å². The Balaban J connectivity index is 1.54. The normalized spacial score (nSPS) is 11.1. The molecule has 1 N–H and O–H groups in total. The molecule has 3 aromatic heterocycles. The summed E-state index contributed by atoms with van der Waals surface area (Å²) < 4.78 is 6.66. The highest BCUT2D eigenvalue weighted by Gasteiger charge is 2.16. The fourth-order valence-corrected chi connectivity index (χ4v) is 3.72. The molecule has 0 saturated heterocycles. The Hall–Kier alpha value is -3.53. The zero-order valence-corrected chi connectivity index (χ0v) is 14.6. The first-order valence-electron chi connectivity index (χ1n) is 7.93. The number of para-hydroxylation sites is 1. The van der Waals surface area contributed by atoms with Gasteiger partial charge in [-0.2, -0.15) is 4.68 Å². The van der Waals surface area contributed by atoms with Gasteiger partial charge in [0.15, 0.2) is 0 Å². The molecule has 9 nitrogen and oxygen atoms in total. The third-order valence-corrected chi connectivity index (χ3v) is 4.91. The molecule has 0 aliphatic rings. The molecule has 0 bridgehead atoms. The van der Waals surface area contributed by atoms with Gasteiger partial charge in [-0.1, -0.05) is 18.2 Å². The third-order valence-electron chi connectivity index (χ3n) is 4.01. The molecule has 0 unspecified atom stereocenters. The minimum absolute atomic E-state index is 0.0527. The number of anilines is 1. The quantitative estimate of drug-likeness (QED) is 0.321. The molecular weight excluding hydrogens is 372 g/mol.